The van der Waals surface area contributed by atoms with E-state index in [1.165, 1.54) is 12.1 Å². The molecule has 0 aliphatic heterocycles. The molecule has 0 amide bonds. The lowest BCUT2D eigenvalue weighted by Gasteiger charge is -2.17. The van der Waals surface area contributed by atoms with Crippen molar-refractivity contribution in [1.29, 1.82) is 0 Å². The molecule has 4 heteroatoms. The van der Waals surface area contributed by atoms with Gasteiger partial charge >= 0.3 is 0 Å². The van der Waals surface area contributed by atoms with Crippen molar-refractivity contribution in [3.63, 3.8) is 0 Å². The number of benzene rings is 2. The fourth-order valence-electron chi connectivity index (χ4n) is 2.16. The van der Waals surface area contributed by atoms with E-state index in [1.807, 2.05) is 26.0 Å². The van der Waals surface area contributed by atoms with Crippen molar-refractivity contribution in [2.45, 2.75) is 18.7 Å². The molecular formula is C15H12BrCl2F. The summed E-state index contributed by atoms with van der Waals surface area (Å²) in [6.45, 7) is 3.80. The first-order chi connectivity index (χ1) is 8.90. The molecule has 0 N–H and O–H groups in total. The Morgan fingerprint density at radius 2 is 1.58 bits per heavy atom. The first-order valence-corrected chi connectivity index (χ1v) is 7.43. The Hall–Kier alpha value is -0.570. The van der Waals surface area contributed by atoms with Crippen LogP contribution < -0.4 is 0 Å². The van der Waals surface area contributed by atoms with Gasteiger partial charge in [-0.2, -0.15) is 0 Å². The van der Waals surface area contributed by atoms with Gasteiger partial charge in [0.1, 0.15) is 5.82 Å². The van der Waals surface area contributed by atoms with Crippen molar-refractivity contribution in [3.8, 4) is 0 Å². The monoisotopic (exact) mass is 360 g/mol. The topological polar surface area (TPSA) is 0 Å². The van der Waals surface area contributed by atoms with E-state index in [1.54, 1.807) is 6.07 Å². The zero-order valence-corrected chi connectivity index (χ0v) is 13.6. The molecule has 2 aromatic rings. The maximum absolute atomic E-state index is 13.3. The van der Waals surface area contributed by atoms with Gasteiger partial charge in [-0.05, 0) is 60.4 Å². The van der Waals surface area contributed by atoms with Crippen molar-refractivity contribution in [1.82, 2.24) is 0 Å². The van der Waals surface area contributed by atoms with E-state index in [9.17, 15) is 4.39 Å². The van der Waals surface area contributed by atoms with Crippen molar-refractivity contribution < 1.29 is 4.39 Å². The molecule has 1 unspecified atom stereocenters. The van der Waals surface area contributed by atoms with E-state index < -0.39 is 0 Å². The third-order valence-electron chi connectivity index (χ3n) is 3.05. The van der Waals surface area contributed by atoms with Gasteiger partial charge in [-0.25, -0.2) is 4.39 Å². The Balaban J connectivity index is 2.49. The summed E-state index contributed by atoms with van der Waals surface area (Å²) in [6.07, 6.45) is 0. The van der Waals surface area contributed by atoms with Crippen LogP contribution in [0.25, 0.3) is 0 Å². The quantitative estimate of drug-likeness (QED) is 0.556. The van der Waals surface area contributed by atoms with Crippen molar-refractivity contribution >= 4 is 39.1 Å². The van der Waals surface area contributed by atoms with Crippen LogP contribution in [0.4, 0.5) is 4.39 Å². The molecule has 0 saturated heterocycles. The predicted octanol–water partition coefficient (Wildman–Crippen LogP) is 6.23. The Morgan fingerprint density at radius 1 is 1.00 bits per heavy atom. The summed E-state index contributed by atoms with van der Waals surface area (Å²) in [7, 11) is 0. The number of hydrogen-bond donors (Lipinski definition) is 0. The van der Waals surface area contributed by atoms with Gasteiger partial charge in [0.15, 0.2) is 0 Å². The zero-order valence-electron chi connectivity index (χ0n) is 10.5. The molecule has 0 radical (unpaired) electrons. The number of rotatable bonds is 2. The highest BCUT2D eigenvalue weighted by molar-refractivity contribution is 9.09. The molecule has 0 aliphatic carbocycles. The standard InChI is InChI=1S/C15H12BrCl2F/c1-8-5-11(19)6-9(2)14(8)15(16)10-3-4-12(17)13(18)7-10/h3-7,15H,1-2H3. The van der Waals surface area contributed by atoms with E-state index in [-0.39, 0.29) is 10.6 Å². The first-order valence-electron chi connectivity index (χ1n) is 5.76. The van der Waals surface area contributed by atoms with Crippen LogP contribution in [0.1, 0.15) is 27.1 Å². The summed E-state index contributed by atoms with van der Waals surface area (Å²) in [5, 5.41) is 1.04. The molecule has 1 atom stereocenters. The summed E-state index contributed by atoms with van der Waals surface area (Å²) in [4.78, 5) is -0.0390. The number of aryl methyl sites for hydroxylation is 2. The SMILES string of the molecule is Cc1cc(F)cc(C)c1C(Br)c1ccc(Cl)c(Cl)c1. The first kappa shape index (κ1) is 14.8. The van der Waals surface area contributed by atoms with E-state index in [0.717, 1.165) is 22.3 Å². The molecule has 0 spiro atoms. The van der Waals surface area contributed by atoms with Gasteiger partial charge in [-0.3, -0.25) is 0 Å². The van der Waals surface area contributed by atoms with Crippen LogP contribution in [0, 0.1) is 19.7 Å². The second-order valence-electron chi connectivity index (χ2n) is 4.49. The lowest BCUT2D eigenvalue weighted by Crippen LogP contribution is -2.00. The van der Waals surface area contributed by atoms with Crippen LogP contribution >= 0.6 is 39.1 Å². The molecule has 0 nitrogen and oxygen atoms in total. The van der Waals surface area contributed by atoms with Crippen LogP contribution in [0.2, 0.25) is 10.0 Å². The smallest absolute Gasteiger partial charge is 0.123 e. The molecule has 0 aromatic heterocycles. The van der Waals surface area contributed by atoms with Crippen molar-refractivity contribution in [3.05, 3.63) is 68.4 Å². The second kappa shape index (κ2) is 5.82. The lowest BCUT2D eigenvalue weighted by molar-refractivity contribution is 0.624. The highest BCUT2D eigenvalue weighted by atomic mass is 79.9. The Morgan fingerprint density at radius 3 is 2.11 bits per heavy atom. The Bertz CT molecular complexity index is 603. The van der Waals surface area contributed by atoms with Crippen molar-refractivity contribution in [2.24, 2.45) is 0 Å². The zero-order chi connectivity index (χ0) is 14.2. The van der Waals surface area contributed by atoms with E-state index in [4.69, 9.17) is 23.2 Å². The van der Waals surface area contributed by atoms with Crippen LogP contribution in [0.3, 0.4) is 0 Å². The van der Waals surface area contributed by atoms with Crippen LogP contribution in [-0.4, -0.2) is 0 Å². The van der Waals surface area contributed by atoms with Crippen LogP contribution in [0.15, 0.2) is 30.3 Å². The van der Waals surface area contributed by atoms with Gasteiger partial charge in [0.05, 0.1) is 14.9 Å². The number of halogens is 4. The summed E-state index contributed by atoms with van der Waals surface area (Å²) < 4.78 is 13.3. The Kier molecular flexibility index (Phi) is 4.54. The summed E-state index contributed by atoms with van der Waals surface area (Å²) >= 11 is 15.6. The average molecular weight is 362 g/mol. The predicted molar refractivity (Wildman–Crippen MR) is 83.1 cm³/mol. The number of alkyl halides is 1. The van der Waals surface area contributed by atoms with Gasteiger partial charge in [-0.1, -0.05) is 45.2 Å². The average Bonchev–Trinajstić information content (AvgIpc) is 2.31. The van der Waals surface area contributed by atoms with Gasteiger partial charge in [-0.15, -0.1) is 0 Å². The van der Waals surface area contributed by atoms with Crippen LogP contribution in [-0.2, 0) is 0 Å². The summed E-state index contributed by atoms with van der Waals surface area (Å²) in [5.74, 6) is -0.215. The lowest BCUT2D eigenvalue weighted by atomic mass is 9.96. The summed E-state index contributed by atoms with van der Waals surface area (Å²) in [6, 6.07) is 8.57. The van der Waals surface area contributed by atoms with Gasteiger partial charge in [0.2, 0.25) is 0 Å². The highest BCUT2D eigenvalue weighted by Crippen LogP contribution is 2.37. The maximum Gasteiger partial charge on any atom is 0.123 e. The highest BCUT2D eigenvalue weighted by Gasteiger charge is 2.17. The maximum atomic E-state index is 13.3. The minimum atomic E-state index is -0.215. The summed E-state index contributed by atoms with van der Waals surface area (Å²) in [5.41, 5.74) is 3.86. The van der Waals surface area contributed by atoms with E-state index >= 15 is 0 Å². The fraction of sp³-hybridized carbons (Fsp3) is 0.200. The molecule has 2 aromatic carbocycles. The largest absolute Gasteiger partial charge is 0.207 e. The van der Waals surface area contributed by atoms with Gasteiger partial charge in [0.25, 0.3) is 0 Å². The van der Waals surface area contributed by atoms with Gasteiger partial charge in [0, 0.05) is 0 Å². The van der Waals surface area contributed by atoms with Gasteiger partial charge < -0.3 is 0 Å². The molecule has 100 valence electrons. The molecule has 0 aliphatic rings. The third kappa shape index (κ3) is 3.13. The second-order valence-corrected chi connectivity index (χ2v) is 6.22. The number of hydrogen-bond acceptors (Lipinski definition) is 0. The van der Waals surface area contributed by atoms with E-state index in [2.05, 4.69) is 15.9 Å². The molecule has 19 heavy (non-hydrogen) atoms. The fourth-order valence-corrected chi connectivity index (χ4v) is 3.47. The molecule has 0 bridgehead atoms. The minimum Gasteiger partial charge on any atom is -0.207 e. The molecule has 2 rings (SSSR count). The van der Waals surface area contributed by atoms with Crippen LogP contribution in [0.5, 0.6) is 0 Å². The normalized spacial score (nSPS) is 12.5. The van der Waals surface area contributed by atoms with E-state index in [0.29, 0.717) is 10.0 Å². The van der Waals surface area contributed by atoms with Crippen molar-refractivity contribution in [2.75, 3.05) is 0 Å². The molecule has 0 heterocycles. The minimum absolute atomic E-state index is 0.0390. The molecular weight excluding hydrogens is 350 g/mol. The Labute approximate surface area is 130 Å². The third-order valence-corrected chi connectivity index (χ3v) is 4.77. The molecule has 0 saturated carbocycles. The molecule has 0 fully saturated rings.